The molecule has 116 valence electrons. The van der Waals surface area contributed by atoms with Crippen LogP contribution in [-0.4, -0.2) is 25.6 Å². The average molecular weight is 318 g/mol. The van der Waals surface area contributed by atoms with E-state index in [9.17, 15) is 13.2 Å². The Morgan fingerprint density at radius 2 is 1.86 bits per heavy atom. The summed E-state index contributed by atoms with van der Waals surface area (Å²) >= 11 is 0. The molecule has 1 amide bonds. The highest BCUT2D eigenvalue weighted by molar-refractivity contribution is 7.89. The van der Waals surface area contributed by atoms with Crippen LogP contribution in [-0.2, 0) is 15.6 Å². The molecule has 6 heteroatoms. The lowest BCUT2D eigenvalue weighted by Crippen LogP contribution is -2.27. The van der Waals surface area contributed by atoms with Crippen molar-refractivity contribution in [3.8, 4) is 0 Å². The van der Waals surface area contributed by atoms with Crippen LogP contribution in [0.1, 0.15) is 34.6 Å². The fourth-order valence-electron chi connectivity index (χ4n) is 2.04. The second kappa shape index (κ2) is 6.70. The van der Waals surface area contributed by atoms with Crippen molar-refractivity contribution in [2.45, 2.75) is 18.7 Å². The van der Waals surface area contributed by atoms with Gasteiger partial charge in [0.2, 0.25) is 0 Å². The van der Waals surface area contributed by atoms with Crippen LogP contribution in [0.2, 0.25) is 0 Å². The van der Waals surface area contributed by atoms with Crippen LogP contribution in [0.5, 0.6) is 0 Å². The quantitative estimate of drug-likeness (QED) is 0.916. The Balaban J connectivity index is 2.04. The Bertz CT molecular complexity index is 741. The molecule has 0 aliphatic rings. The van der Waals surface area contributed by atoms with Crippen LogP contribution in [0.25, 0.3) is 0 Å². The van der Waals surface area contributed by atoms with Gasteiger partial charge in [-0.25, -0.2) is 8.42 Å². The summed E-state index contributed by atoms with van der Waals surface area (Å²) in [6, 6.07) is 11.9. The van der Waals surface area contributed by atoms with Crippen molar-refractivity contribution in [1.29, 1.82) is 0 Å². The third-order valence-electron chi connectivity index (χ3n) is 3.12. The van der Waals surface area contributed by atoms with E-state index in [1.165, 1.54) is 6.26 Å². The monoisotopic (exact) mass is 318 g/mol. The molecule has 0 aliphatic heterocycles. The summed E-state index contributed by atoms with van der Waals surface area (Å²) in [4.78, 5) is 16.4. The van der Waals surface area contributed by atoms with E-state index in [0.717, 1.165) is 5.69 Å². The van der Waals surface area contributed by atoms with Crippen molar-refractivity contribution in [3.05, 3.63) is 65.5 Å². The summed E-state index contributed by atoms with van der Waals surface area (Å²) < 4.78 is 22.5. The van der Waals surface area contributed by atoms with Crippen molar-refractivity contribution in [3.63, 3.8) is 0 Å². The molecule has 0 radical (unpaired) electrons. The molecule has 0 fully saturated rings. The Hall–Kier alpha value is -2.21. The molecule has 1 heterocycles. The van der Waals surface area contributed by atoms with Crippen LogP contribution < -0.4 is 5.32 Å². The smallest absolute Gasteiger partial charge is 0.251 e. The van der Waals surface area contributed by atoms with Crippen molar-refractivity contribution < 1.29 is 13.2 Å². The van der Waals surface area contributed by atoms with Gasteiger partial charge < -0.3 is 5.32 Å². The molecule has 1 aromatic carbocycles. The molecule has 0 bridgehead atoms. The van der Waals surface area contributed by atoms with Gasteiger partial charge in [0.25, 0.3) is 5.91 Å². The number of nitrogens with zero attached hydrogens (tertiary/aromatic N) is 1. The fraction of sp³-hybridized carbons (Fsp3) is 0.250. The summed E-state index contributed by atoms with van der Waals surface area (Å²) in [5, 5.41) is 2.86. The van der Waals surface area contributed by atoms with Crippen LogP contribution in [0, 0.1) is 0 Å². The standard InChI is InChI=1S/C16H18N2O3S/c1-12(15-5-3-4-10-17-15)18-16(19)14-8-6-13(7-9-14)11-22(2,20)21/h3-10,12H,11H2,1-2H3,(H,18,19)/t12-/m0/s1. The van der Waals surface area contributed by atoms with E-state index >= 15 is 0 Å². The summed E-state index contributed by atoms with van der Waals surface area (Å²) in [6.45, 7) is 1.86. The normalized spacial score (nSPS) is 12.6. The maximum absolute atomic E-state index is 12.2. The summed E-state index contributed by atoms with van der Waals surface area (Å²) in [5.41, 5.74) is 1.93. The molecule has 22 heavy (non-hydrogen) atoms. The van der Waals surface area contributed by atoms with Crippen molar-refractivity contribution in [2.75, 3.05) is 6.26 Å². The summed E-state index contributed by atoms with van der Waals surface area (Å²) in [7, 11) is -3.07. The maximum Gasteiger partial charge on any atom is 0.251 e. The van der Waals surface area contributed by atoms with Crippen LogP contribution >= 0.6 is 0 Å². The number of carbonyl (C=O) groups is 1. The number of nitrogens with one attached hydrogen (secondary N) is 1. The number of hydrogen-bond donors (Lipinski definition) is 1. The van der Waals surface area contributed by atoms with E-state index in [2.05, 4.69) is 10.3 Å². The minimum Gasteiger partial charge on any atom is -0.344 e. The van der Waals surface area contributed by atoms with E-state index in [0.29, 0.717) is 11.1 Å². The van der Waals surface area contributed by atoms with E-state index in [4.69, 9.17) is 0 Å². The maximum atomic E-state index is 12.2. The first-order valence-electron chi connectivity index (χ1n) is 6.83. The number of hydrogen-bond acceptors (Lipinski definition) is 4. The van der Waals surface area contributed by atoms with Crippen LogP contribution in [0.15, 0.2) is 48.7 Å². The highest BCUT2D eigenvalue weighted by Gasteiger charge is 2.12. The van der Waals surface area contributed by atoms with Gasteiger partial charge in [-0.2, -0.15) is 0 Å². The zero-order valence-electron chi connectivity index (χ0n) is 12.5. The summed E-state index contributed by atoms with van der Waals surface area (Å²) in [5.74, 6) is -0.247. The molecule has 0 unspecified atom stereocenters. The molecule has 1 atom stereocenters. The SMILES string of the molecule is C[C@H](NC(=O)c1ccc(CS(C)(=O)=O)cc1)c1ccccn1. The van der Waals surface area contributed by atoms with Gasteiger partial charge in [-0.3, -0.25) is 9.78 Å². The molecule has 0 aliphatic carbocycles. The Morgan fingerprint density at radius 3 is 2.41 bits per heavy atom. The fourth-order valence-corrected chi connectivity index (χ4v) is 2.84. The largest absolute Gasteiger partial charge is 0.344 e. The Labute approximate surface area is 130 Å². The van der Waals surface area contributed by atoms with Gasteiger partial charge in [-0.05, 0) is 36.8 Å². The van der Waals surface area contributed by atoms with E-state index in [-0.39, 0.29) is 17.7 Å². The van der Waals surface area contributed by atoms with Gasteiger partial charge in [-0.15, -0.1) is 0 Å². The molecule has 0 spiro atoms. The Morgan fingerprint density at radius 1 is 1.18 bits per heavy atom. The molecular formula is C16H18N2O3S. The minimum atomic E-state index is -3.07. The number of benzene rings is 1. The number of carbonyl (C=O) groups excluding carboxylic acids is 1. The number of aromatic nitrogens is 1. The molecule has 1 aromatic heterocycles. The first kappa shape index (κ1) is 16.2. The van der Waals surface area contributed by atoms with Gasteiger partial charge in [0.1, 0.15) is 0 Å². The lowest BCUT2D eigenvalue weighted by molar-refractivity contribution is 0.0939. The average Bonchev–Trinajstić information content (AvgIpc) is 2.47. The van der Waals surface area contributed by atoms with E-state index in [1.807, 2.05) is 25.1 Å². The van der Waals surface area contributed by atoms with Crippen molar-refractivity contribution in [1.82, 2.24) is 10.3 Å². The molecule has 1 N–H and O–H groups in total. The van der Waals surface area contributed by atoms with E-state index < -0.39 is 9.84 Å². The number of sulfone groups is 1. The highest BCUT2D eigenvalue weighted by atomic mass is 32.2. The lowest BCUT2D eigenvalue weighted by atomic mass is 10.1. The number of pyridine rings is 1. The Kier molecular flexibility index (Phi) is 4.92. The zero-order valence-corrected chi connectivity index (χ0v) is 13.3. The molecular weight excluding hydrogens is 300 g/mol. The third-order valence-corrected chi connectivity index (χ3v) is 3.98. The minimum absolute atomic E-state index is 0.0285. The van der Waals surface area contributed by atoms with Crippen LogP contribution in [0.4, 0.5) is 0 Å². The van der Waals surface area contributed by atoms with Gasteiger partial charge in [0.05, 0.1) is 17.5 Å². The molecule has 0 saturated heterocycles. The topological polar surface area (TPSA) is 76.1 Å². The third kappa shape index (κ3) is 4.66. The lowest BCUT2D eigenvalue weighted by Gasteiger charge is -2.13. The van der Waals surface area contributed by atoms with E-state index in [1.54, 1.807) is 30.5 Å². The first-order chi connectivity index (χ1) is 10.3. The predicted octanol–water partition coefficient (Wildman–Crippen LogP) is 2.12. The first-order valence-corrected chi connectivity index (χ1v) is 8.89. The summed E-state index contributed by atoms with van der Waals surface area (Å²) in [6.07, 6.45) is 2.86. The molecule has 0 saturated carbocycles. The second-order valence-electron chi connectivity index (χ2n) is 5.22. The van der Waals surface area contributed by atoms with Gasteiger partial charge in [-0.1, -0.05) is 18.2 Å². The highest BCUT2D eigenvalue weighted by Crippen LogP contribution is 2.11. The second-order valence-corrected chi connectivity index (χ2v) is 7.36. The van der Waals surface area contributed by atoms with Gasteiger partial charge in [0.15, 0.2) is 9.84 Å². The van der Waals surface area contributed by atoms with Crippen LogP contribution in [0.3, 0.4) is 0 Å². The van der Waals surface area contributed by atoms with Gasteiger partial charge >= 0.3 is 0 Å². The number of rotatable bonds is 5. The number of amides is 1. The molecule has 2 rings (SSSR count). The molecule has 2 aromatic rings. The molecule has 5 nitrogen and oxygen atoms in total. The zero-order chi connectivity index (χ0) is 16.2. The van der Waals surface area contributed by atoms with Crippen molar-refractivity contribution in [2.24, 2.45) is 0 Å². The predicted molar refractivity (Wildman–Crippen MR) is 85.1 cm³/mol. The van der Waals surface area contributed by atoms with Gasteiger partial charge in [0, 0.05) is 18.0 Å². The van der Waals surface area contributed by atoms with Crippen molar-refractivity contribution >= 4 is 15.7 Å².